The van der Waals surface area contributed by atoms with Gasteiger partial charge in [-0.3, -0.25) is 4.79 Å². The number of likely N-dealkylation sites (tertiary alicyclic amines) is 1. The number of aromatic nitrogens is 2. The molecule has 0 spiro atoms. The number of H-pyrrole nitrogens is 1. The molecule has 4 rings (SSSR count). The van der Waals surface area contributed by atoms with Crippen molar-refractivity contribution in [2.75, 3.05) is 46.5 Å². The molecule has 156 valence electrons. The van der Waals surface area contributed by atoms with Crippen molar-refractivity contribution in [2.45, 2.75) is 19.3 Å². The first-order valence-corrected chi connectivity index (χ1v) is 10.4. The summed E-state index contributed by atoms with van der Waals surface area (Å²) < 4.78 is 10.9. The third-order valence-electron chi connectivity index (χ3n) is 5.95. The molecule has 7 heteroatoms. The van der Waals surface area contributed by atoms with Gasteiger partial charge in [0.15, 0.2) is 0 Å². The molecule has 3 heterocycles. The SMILES string of the molecule is COc1cccc(CC2(C(=O)NCCc3ncc[nH]3)CN(CC3CCOC3)C2)c1. The quantitative estimate of drug-likeness (QED) is 0.672. The van der Waals surface area contributed by atoms with Gasteiger partial charge in [0.05, 0.1) is 19.1 Å². The highest BCUT2D eigenvalue weighted by molar-refractivity contribution is 5.84. The van der Waals surface area contributed by atoms with Gasteiger partial charge in [-0.25, -0.2) is 4.98 Å². The molecule has 1 amide bonds. The zero-order valence-corrected chi connectivity index (χ0v) is 17.0. The largest absolute Gasteiger partial charge is 0.497 e. The van der Waals surface area contributed by atoms with Gasteiger partial charge < -0.3 is 24.7 Å². The Hall–Kier alpha value is -2.38. The van der Waals surface area contributed by atoms with E-state index in [9.17, 15) is 4.79 Å². The summed E-state index contributed by atoms with van der Waals surface area (Å²) in [5, 5.41) is 3.15. The topological polar surface area (TPSA) is 79.5 Å². The lowest BCUT2D eigenvalue weighted by Gasteiger charge is -2.50. The fraction of sp³-hybridized carbons (Fsp3) is 0.545. The number of ether oxygens (including phenoxy) is 2. The Morgan fingerprint density at radius 3 is 3.07 bits per heavy atom. The van der Waals surface area contributed by atoms with E-state index in [1.165, 1.54) is 0 Å². The number of nitrogens with one attached hydrogen (secondary N) is 2. The molecule has 2 fully saturated rings. The van der Waals surface area contributed by atoms with Crippen molar-refractivity contribution in [3.8, 4) is 5.75 Å². The number of methoxy groups -OCH3 is 1. The minimum Gasteiger partial charge on any atom is -0.497 e. The minimum absolute atomic E-state index is 0.130. The summed E-state index contributed by atoms with van der Waals surface area (Å²) in [4.78, 5) is 22.9. The molecule has 1 atom stereocenters. The molecule has 0 saturated carbocycles. The molecule has 1 aromatic heterocycles. The second kappa shape index (κ2) is 8.97. The molecule has 29 heavy (non-hydrogen) atoms. The van der Waals surface area contributed by atoms with Crippen LogP contribution in [0.25, 0.3) is 0 Å². The summed E-state index contributed by atoms with van der Waals surface area (Å²) in [7, 11) is 1.67. The van der Waals surface area contributed by atoms with Crippen LogP contribution in [0.4, 0.5) is 0 Å². The van der Waals surface area contributed by atoms with Crippen LogP contribution < -0.4 is 10.1 Å². The molecule has 2 saturated heterocycles. The highest BCUT2D eigenvalue weighted by Gasteiger charge is 2.49. The smallest absolute Gasteiger partial charge is 0.229 e. The summed E-state index contributed by atoms with van der Waals surface area (Å²) in [6.07, 6.45) is 6.08. The number of imidazole rings is 1. The Balaban J connectivity index is 1.39. The molecule has 2 aliphatic heterocycles. The van der Waals surface area contributed by atoms with Crippen LogP contribution in [0.5, 0.6) is 5.75 Å². The lowest BCUT2D eigenvalue weighted by molar-refractivity contribution is -0.142. The second-order valence-corrected chi connectivity index (χ2v) is 8.25. The van der Waals surface area contributed by atoms with E-state index in [1.807, 2.05) is 18.2 Å². The van der Waals surface area contributed by atoms with Crippen LogP contribution in [0.3, 0.4) is 0 Å². The summed E-state index contributed by atoms with van der Waals surface area (Å²) in [6, 6.07) is 8.04. The number of hydrogen-bond acceptors (Lipinski definition) is 5. The predicted molar refractivity (Wildman–Crippen MR) is 110 cm³/mol. The summed E-state index contributed by atoms with van der Waals surface area (Å²) >= 11 is 0. The maximum atomic E-state index is 13.2. The zero-order valence-electron chi connectivity index (χ0n) is 17.0. The Morgan fingerprint density at radius 2 is 2.34 bits per heavy atom. The van der Waals surface area contributed by atoms with E-state index in [4.69, 9.17) is 9.47 Å². The van der Waals surface area contributed by atoms with E-state index in [0.717, 1.165) is 56.4 Å². The highest BCUT2D eigenvalue weighted by atomic mass is 16.5. The zero-order chi connectivity index (χ0) is 20.1. The van der Waals surface area contributed by atoms with Crippen molar-refractivity contribution in [3.63, 3.8) is 0 Å². The van der Waals surface area contributed by atoms with Gasteiger partial charge in [-0.05, 0) is 36.5 Å². The normalized spacial score (nSPS) is 20.9. The molecule has 0 bridgehead atoms. The molecule has 7 nitrogen and oxygen atoms in total. The molecular weight excluding hydrogens is 368 g/mol. The first-order chi connectivity index (χ1) is 14.2. The van der Waals surface area contributed by atoms with E-state index >= 15 is 0 Å². The monoisotopic (exact) mass is 398 g/mol. The van der Waals surface area contributed by atoms with Crippen molar-refractivity contribution >= 4 is 5.91 Å². The molecule has 1 aromatic carbocycles. The van der Waals surface area contributed by atoms with E-state index in [0.29, 0.717) is 25.3 Å². The maximum absolute atomic E-state index is 13.2. The fourth-order valence-electron chi connectivity index (χ4n) is 4.46. The van der Waals surface area contributed by atoms with Crippen LogP contribution in [-0.4, -0.2) is 67.3 Å². The number of carbonyl (C=O) groups is 1. The second-order valence-electron chi connectivity index (χ2n) is 8.25. The van der Waals surface area contributed by atoms with Gasteiger partial charge in [-0.2, -0.15) is 0 Å². The van der Waals surface area contributed by atoms with Gasteiger partial charge in [0.1, 0.15) is 11.6 Å². The number of benzene rings is 1. The lowest BCUT2D eigenvalue weighted by atomic mass is 9.73. The molecule has 2 aliphatic rings. The van der Waals surface area contributed by atoms with Gasteiger partial charge in [-0.1, -0.05) is 12.1 Å². The highest BCUT2D eigenvalue weighted by Crippen LogP contribution is 2.36. The number of amides is 1. The van der Waals surface area contributed by atoms with Crippen LogP contribution in [-0.2, 0) is 22.4 Å². The van der Waals surface area contributed by atoms with Crippen LogP contribution in [0, 0.1) is 11.3 Å². The first-order valence-electron chi connectivity index (χ1n) is 10.4. The van der Waals surface area contributed by atoms with Crippen LogP contribution in [0.1, 0.15) is 17.8 Å². The van der Waals surface area contributed by atoms with Crippen molar-refractivity contribution in [1.29, 1.82) is 0 Å². The fourth-order valence-corrected chi connectivity index (χ4v) is 4.46. The third-order valence-corrected chi connectivity index (χ3v) is 5.95. The standard InChI is InChI=1S/C22H30N4O3/c1-28-19-4-2-3-17(11-19)12-22(15-26(16-22)13-18-6-10-29-14-18)21(27)25-7-5-20-23-8-9-24-20/h2-4,8-9,11,18H,5-7,10,12-16H2,1H3,(H,23,24)(H,25,27). The van der Waals surface area contributed by atoms with E-state index in [-0.39, 0.29) is 5.91 Å². The van der Waals surface area contributed by atoms with Crippen molar-refractivity contribution < 1.29 is 14.3 Å². The average molecular weight is 399 g/mol. The predicted octanol–water partition coefficient (Wildman–Crippen LogP) is 1.66. The minimum atomic E-state index is -0.394. The number of aromatic amines is 1. The molecule has 2 N–H and O–H groups in total. The number of carbonyl (C=O) groups excluding carboxylic acids is 1. The Morgan fingerprint density at radius 1 is 1.45 bits per heavy atom. The van der Waals surface area contributed by atoms with E-state index < -0.39 is 5.41 Å². The third kappa shape index (κ3) is 4.79. The molecule has 0 radical (unpaired) electrons. The Labute approximate surface area is 171 Å². The first kappa shape index (κ1) is 19.9. The molecule has 1 unspecified atom stereocenters. The summed E-state index contributed by atoms with van der Waals surface area (Å²) in [5.41, 5.74) is 0.740. The van der Waals surface area contributed by atoms with Crippen molar-refractivity contribution in [1.82, 2.24) is 20.2 Å². The molecule has 0 aliphatic carbocycles. The summed E-state index contributed by atoms with van der Waals surface area (Å²) in [6.45, 7) is 4.87. The summed E-state index contributed by atoms with van der Waals surface area (Å²) in [5.74, 6) is 2.44. The Bertz CT molecular complexity index is 796. The molecular formula is C22H30N4O3. The lowest BCUT2D eigenvalue weighted by Crippen LogP contribution is -2.65. The van der Waals surface area contributed by atoms with Crippen molar-refractivity contribution in [2.24, 2.45) is 11.3 Å². The van der Waals surface area contributed by atoms with E-state index in [1.54, 1.807) is 19.5 Å². The van der Waals surface area contributed by atoms with Gasteiger partial charge in [0.25, 0.3) is 0 Å². The van der Waals surface area contributed by atoms with Gasteiger partial charge in [-0.15, -0.1) is 0 Å². The van der Waals surface area contributed by atoms with Gasteiger partial charge >= 0.3 is 0 Å². The number of nitrogens with zero attached hydrogens (tertiary/aromatic N) is 2. The van der Waals surface area contributed by atoms with Crippen LogP contribution in [0.2, 0.25) is 0 Å². The number of hydrogen-bond donors (Lipinski definition) is 2. The van der Waals surface area contributed by atoms with Gasteiger partial charge in [0.2, 0.25) is 5.91 Å². The van der Waals surface area contributed by atoms with Crippen molar-refractivity contribution in [3.05, 3.63) is 48.0 Å². The molecule has 2 aromatic rings. The number of rotatable bonds is 9. The van der Waals surface area contributed by atoms with Gasteiger partial charge in [0, 0.05) is 51.6 Å². The van der Waals surface area contributed by atoms with Crippen LogP contribution in [0.15, 0.2) is 36.7 Å². The average Bonchev–Trinajstić information content (AvgIpc) is 3.40. The van der Waals surface area contributed by atoms with E-state index in [2.05, 4.69) is 26.3 Å². The maximum Gasteiger partial charge on any atom is 0.229 e. The van der Waals surface area contributed by atoms with Crippen LogP contribution >= 0.6 is 0 Å². The Kier molecular flexibility index (Phi) is 6.16.